The van der Waals surface area contributed by atoms with Gasteiger partial charge in [0.2, 0.25) is 5.91 Å². The maximum Gasteiger partial charge on any atom is 0.239 e. The average molecular weight is 200 g/mol. The Balaban J connectivity index is 1.92. The van der Waals surface area contributed by atoms with Crippen molar-refractivity contribution in [2.24, 2.45) is 0 Å². The number of hydrogen-bond donors (Lipinski definition) is 3. The van der Waals surface area contributed by atoms with E-state index in [-0.39, 0.29) is 25.0 Å². The van der Waals surface area contributed by atoms with E-state index in [4.69, 9.17) is 0 Å². The number of nitrogens with one attached hydrogen (secondary N) is 1. The normalized spacial score (nSPS) is 37.9. The van der Waals surface area contributed by atoms with Crippen LogP contribution in [0.4, 0.5) is 0 Å². The van der Waals surface area contributed by atoms with Gasteiger partial charge in [0.15, 0.2) is 0 Å². The fraction of sp³-hybridized carbons (Fsp3) is 0.889. The molecule has 2 heterocycles. The molecule has 0 saturated carbocycles. The van der Waals surface area contributed by atoms with Crippen LogP contribution in [0.3, 0.4) is 0 Å². The van der Waals surface area contributed by atoms with Crippen LogP contribution in [0.1, 0.15) is 12.8 Å². The molecule has 5 nitrogen and oxygen atoms in total. The van der Waals surface area contributed by atoms with Gasteiger partial charge in [-0.3, -0.25) is 4.79 Å². The highest BCUT2D eigenvalue weighted by Crippen LogP contribution is 2.14. The van der Waals surface area contributed by atoms with Crippen LogP contribution in [0.5, 0.6) is 0 Å². The summed E-state index contributed by atoms with van der Waals surface area (Å²) in [6, 6.07) is -0.104. The van der Waals surface area contributed by atoms with Crippen LogP contribution in [0.25, 0.3) is 0 Å². The second-order valence-electron chi connectivity index (χ2n) is 4.03. The molecule has 0 aliphatic carbocycles. The zero-order chi connectivity index (χ0) is 10.1. The Kier molecular flexibility index (Phi) is 2.71. The summed E-state index contributed by atoms with van der Waals surface area (Å²) in [6.45, 7) is 1.41. The smallest absolute Gasteiger partial charge is 0.239 e. The first-order valence-corrected chi connectivity index (χ1v) is 5.07. The summed E-state index contributed by atoms with van der Waals surface area (Å²) in [5.74, 6) is 0.0121. The molecule has 3 atom stereocenters. The predicted molar refractivity (Wildman–Crippen MR) is 49.6 cm³/mol. The molecule has 1 amide bonds. The second kappa shape index (κ2) is 3.84. The molecule has 0 aromatic carbocycles. The largest absolute Gasteiger partial charge is 0.388 e. The lowest BCUT2D eigenvalue weighted by atomic mass is 10.2. The van der Waals surface area contributed by atoms with Crippen LogP contribution in [0.15, 0.2) is 0 Å². The van der Waals surface area contributed by atoms with Crippen LogP contribution >= 0.6 is 0 Å². The zero-order valence-corrected chi connectivity index (χ0v) is 8.02. The van der Waals surface area contributed by atoms with Gasteiger partial charge in [0.05, 0.1) is 18.2 Å². The first-order valence-electron chi connectivity index (χ1n) is 5.07. The van der Waals surface area contributed by atoms with E-state index in [1.807, 2.05) is 0 Å². The van der Waals surface area contributed by atoms with Gasteiger partial charge in [-0.25, -0.2) is 0 Å². The van der Waals surface area contributed by atoms with Crippen molar-refractivity contribution in [2.75, 3.05) is 19.6 Å². The highest BCUT2D eigenvalue weighted by Gasteiger charge is 2.36. The topological polar surface area (TPSA) is 72.8 Å². The summed E-state index contributed by atoms with van der Waals surface area (Å²) >= 11 is 0. The van der Waals surface area contributed by atoms with E-state index in [0.717, 1.165) is 19.4 Å². The molecule has 2 rings (SSSR count). The molecule has 2 saturated heterocycles. The van der Waals surface area contributed by atoms with Gasteiger partial charge in [-0.15, -0.1) is 0 Å². The lowest BCUT2D eigenvalue weighted by molar-refractivity contribution is -0.132. The van der Waals surface area contributed by atoms with Crippen molar-refractivity contribution in [3.63, 3.8) is 0 Å². The molecule has 0 bridgehead atoms. The maximum absolute atomic E-state index is 11.8. The van der Waals surface area contributed by atoms with Gasteiger partial charge in [-0.05, 0) is 19.4 Å². The number of β-amino-alcohol motifs (C(OH)–C–C–N with tert-alkyl or cyclic N) is 2. The molecular weight excluding hydrogens is 184 g/mol. The number of hydrogen-bond acceptors (Lipinski definition) is 4. The second-order valence-corrected chi connectivity index (χ2v) is 4.03. The Hall–Kier alpha value is -0.650. The van der Waals surface area contributed by atoms with Gasteiger partial charge in [-0.1, -0.05) is 0 Å². The molecule has 14 heavy (non-hydrogen) atoms. The highest BCUT2D eigenvalue weighted by atomic mass is 16.3. The molecule has 3 N–H and O–H groups in total. The van der Waals surface area contributed by atoms with Crippen molar-refractivity contribution >= 4 is 5.91 Å². The van der Waals surface area contributed by atoms with Crippen molar-refractivity contribution in [3.05, 3.63) is 0 Å². The third-order valence-corrected chi connectivity index (χ3v) is 2.93. The standard InChI is InChI=1S/C9H16N2O3/c12-7-4-11(5-8(7)13)9(14)6-2-1-3-10-6/h6-8,10,12-13H,1-5H2/t6-,7?,8?/m0/s1. The number of carbonyl (C=O) groups is 1. The van der Waals surface area contributed by atoms with E-state index in [1.54, 1.807) is 4.90 Å². The summed E-state index contributed by atoms with van der Waals surface area (Å²) in [5.41, 5.74) is 0. The first-order chi connectivity index (χ1) is 6.68. The number of likely N-dealkylation sites (tertiary alicyclic amines) is 1. The molecule has 2 unspecified atom stereocenters. The summed E-state index contributed by atoms with van der Waals surface area (Å²) in [6.07, 6.45) is 0.331. The van der Waals surface area contributed by atoms with E-state index in [2.05, 4.69) is 5.32 Å². The number of rotatable bonds is 1. The van der Waals surface area contributed by atoms with Crippen molar-refractivity contribution in [3.8, 4) is 0 Å². The van der Waals surface area contributed by atoms with Gasteiger partial charge in [0.25, 0.3) is 0 Å². The third kappa shape index (κ3) is 1.75. The monoisotopic (exact) mass is 200 g/mol. The van der Waals surface area contributed by atoms with Crippen LogP contribution in [0.2, 0.25) is 0 Å². The Morgan fingerprint density at radius 2 is 1.93 bits per heavy atom. The number of carbonyl (C=O) groups excluding carboxylic acids is 1. The van der Waals surface area contributed by atoms with E-state index in [0.29, 0.717) is 0 Å². The number of nitrogens with zero attached hydrogens (tertiary/aromatic N) is 1. The number of amides is 1. The molecular formula is C9H16N2O3. The predicted octanol–water partition coefficient (Wildman–Crippen LogP) is -1.70. The molecule has 0 aromatic rings. The molecule has 2 fully saturated rings. The lowest BCUT2D eigenvalue weighted by Gasteiger charge is -2.19. The lowest BCUT2D eigenvalue weighted by Crippen LogP contribution is -2.43. The Labute approximate surface area is 82.7 Å². The Morgan fingerprint density at radius 1 is 1.29 bits per heavy atom. The van der Waals surface area contributed by atoms with Crippen LogP contribution < -0.4 is 5.32 Å². The Bertz CT molecular complexity index is 218. The zero-order valence-electron chi connectivity index (χ0n) is 8.02. The number of aliphatic hydroxyl groups is 2. The summed E-state index contributed by atoms with van der Waals surface area (Å²) < 4.78 is 0. The van der Waals surface area contributed by atoms with Crippen molar-refractivity contribution in [1.29, 1.82) is 0 Å². The quantitative estimate of drug-likeness (QED) is 0.472. The molecule has 2 aliphatic rings. The molecule has 80 valence electrons. The van der Waals surface area contributed by atoms with Crippen molar-refractivity contribution in [1.82, 2.24) is 10.2 Å². The fourth-order valence-corrected chi connectivity index (χ4v) is 2.07. The first kappa shape index (κ1) is 9.89. The van der Waals surface area contributed by atoms with Gasteiger partial charge < -0.3 is 20.4 Å². The van der Waals surface area contributed by atoms with E-state index in [1.165, 1.54) is 0 Å². The van der Waals surface area contributed by atoms with Gasteiger partial charge >= 0.3 is 0 Å². The third-order valence-electron chi connectivity index (χ3n) is 2.93. The number of aliphatic hydroxyl groups excluding tert-OH is 2. The average Bonchev–Trinajstić information content (AvgIpc) is 2.76. The van der Waals surface area contributed by atoms with Gasteiger partial charge in [0.1, 0.15) is 0 Å². The highest BCUT2D eigenvalue weighted by molar-refractivity contribution is 5.82. The minimum atomic E-state index is -0.777. The Morgan fingerprint density at radius 3 is 2.43 bits per heavy atom. The summed E-state index contributed by atoms with van der Waals surface area (Å²) in [5, 5.41) is 21.7. The summed E-state index contributed by atoms with van der Waals surface area (Å²) in [7, 11) is 0. The van der Waals surface area contributed by atoms with Gasteiger partial charge in [-0.2, -0.15) is 0 Å². The SMILES string of the molecule is O=C([C@@H]1CCCN1)N1CC(O)C(O)C1. The summed E-state index contributed by atoms with van der Waals surface area (Å²) in [4.78, 5) is 13.3. The molecule has 2 aliphatic heterocycles. The minimum Gasteiger partial charge on any atom is -0.388 e. The molecule has 0 aromatic heterocycles. The van der Waals surface area contributed by atoms with Gasteiger partial charge in [0, 0.05) is 13.1 Å². The van der Waals surface area contributed by atoms with Crippen LogP contribution in [-0.4, -0.2) is 58.9 Å². The maximum atomic E-state index is 11.8. The van der Waals surface area contributed by atoms with Crippen molar-refractivity contribution < 1.29 is 15.0 Å². The van der Waals surface area contributed by atoms with E-state index >= 15 is 0 Å². The minimum absolute atomic E-state index is 0.0121. The van der Waals surface area contributed by atoms with E-state index in [9.17, 15) is 15.0 Å². The fourth-order valence-electron chi connectivity index (χ4n) is 2.07. The van der Waals surface area contributed by atoms with Crippen molar-refractivity contribution in [2.45, 2.75) is 31.1 Å². The molecule has 0 radical (unpaired) electrons. The van der Waals surface area contributed by atoms with E-state index < -0.39 is 12.2 Å². The van der Waals surface area contributed by atoms with Crippen LogP contribution in [-0.2, 0) is 4.79 Å². The molecule has 5 heteroatoms. The van der Waals surface area contributed by atoms with Crippen LogP contribution in [0, 0.1) is 0 Å². The molecule has 0 spiro atoms.